The molecule has 3 rings (SSSR count). The van der Waals surface area contributed by atoms with Crippen molar-refractivity contribution in [3.05, 3.63) is 58.9 Å². The van der Waals surface area contributed by atoms with E-state index in [1.807, 2.05) is 51.5 Å². The Labute approximate surface area is 173 Å². The first-order chi connectivity index (χ1) is 13.8. The molecule has 0 radical (unpaired) electrons. The maximum atomic E-state index is 12.6. The third-order valence-electron chi connectivity index (χ3n) is 4.39. The molecule has 0 saturated carbocycles. The largest absolute Gasteiger partial charge is 0.458 e. The number of carbonyl (C=O) groups is 2. The summed E-state index contributed by atoms with van der Waals surface area (Å²) in [5.41, 5.74) is 3.15. The van der Waals surface area contributed by atoms with Crippen molar-refractivity contribution in [3.8, 4) is 10.6 Å². The minimum Gasteiger partial charge on any atom is -0.458 e. The average molecular weight is 413 g/mol. The lowest BCUT2D eigenvalue weighted by Gasteiger charge is -2.20. The summed E-state index contributed by atoms with van der Waals surface area (Å²) in [5.74, 6) is -0.886. The van der Waals surface area contributed by atoms with E-state index in [0.717, 1.165) is 16.1 Å². The van der Waals surface area contributed by atoms with E-state index in [2.05, 4.69) is 15.4 Å². The molecule has 0 bridgehead atoms. The van der Waals surface area contributed by atoms with E-state index in [-0.39, 0.29) is 18.4 Å². The van der Waals surface area contributed by atoms with Gasteiger partial charge in [-0.05, 0) is 25.0 Å². The molecule has 8 heteroatoms. The summed E-state index contributed by atoms with van der Waals surface area (Å²) in [7, 11) is 1.84. The van der Waals surface area contributed by atoms with Gasteiger partial charge >= 0.3 is 5.97 Å². The lowest BCUT2D eigenvalue weighted by Crippen LogP contribution is -2.45. The van der Waals surface area contributed by atoms with Gasteiger partial charge in [-0.15, -0.1) is 11.3 Å². The predicted octanol–water partition coefficient (Wildman–Crippen LogP) is 3.35. The molecule has 0 spiro atoms. The molecular formula is C21H24N4O3S. The Morgan fingerprint density at radius 1 is 1.24 bits per heavy atom. The number of nitrogens with zero attached hydrogens (tertiary/aromatic N) is 3. The van der Waals surface area contributed by atoms with E-state index < -0.39 is 12.0 Å². The van der Waals surface area contributed by atoms with Crippen LogP contribution in [0.3, 0.4) is 0 Å². The van der Waals surface area contributed by atoms with Gasteiger partial charge < -0.3 is 10.1 Å². The van der Waals surface area contributed by atoms with Crippen molar-refractivity contribution in [3.63, 3.8) is 0 Å². The highest BCUT2D eigenvalue weighted by Gasteiger charge is 2.26. The van der Waals surface area contributed by atoms with Gasteiger partial charge in [-0.3, -0.25) is 9.48 Å². The van der Waals surface area contributed by atoms with Crippen LogP contribution in [-0.4, -0.2) is 32.7 Å². The lowest BCUT2D eigenvalue weighted by atomic mass is 10.0. The van der Waals surface area contributed by atoms with Crippen molar-refractivity contribution >= 4 is 23.2 Å². The summed E-state index contributed by atoms with van der Waals surface area (Å²) < 4.78 is 7.14. The predicted molar refractivity (Wildman–Crippen MR) is 111 cm³/mol. The smallest absolute Gasteiger partial charge is 0.329 e. The van der Waals surface area contributed by atoms with Crippen LogP contribution in [-0.2, 0) is 23.2 Å². The van der Waals surface area contributed by atoms with Gasteiger partial charge in [0.05, 0.1) is 11.9 Å². The second kappa shape index (κ2) is 9.00. The first-order valence-corrected chi connectivity index (χ1v) is 10.2. The molecule has 0 unspecified atom stereocenters. The van der Waals surface area contributed by atoms with Crippen LogP contribution < -0.4 is 5.32 Å². The van der Waals surface area contributed by atoms with Crippen LogP contribution in [0.25, 0.3) is 10.6 Å². The minimum atomic E-state index is -0.736. The van der Waals surface area contributed by atoms with Gasteiger partial charge in [0.25, 0.3) is 5.91 Å². The molecule has 0 aliphatic rings. The Morgan fingerprint density at radius 2 is 1.97 bits per heavy atom. The Bertz CT molecular complexity index is 992. The monoisotopic (exact) mass is 412 g/mol. The number of nitrogens with one attached hydrogen (secondary N) is 1. The van der Waals surface area contributed by atoms with E-state index in [1.54, 1.807) is 23.0 Å². The summed E-state index contributed by atoms with van der Waals surface area (Å²) in [4.78, 5) is 29.5. The second-order valence-corrected chi connectivity index (χ2v) is 8.07. The summed E-state index contributed by atoms with van der Waals surface area (Å²) in [6.45, 7) is 5.74. The van der Waals surface area contributed by atoms with Crippen molar-refractivity contribution in [2.75, 3.05) is 0 Å². The zero-order chi connectivity index (χ0) is 21.0. The second-order valence-electron chi connectivity index (χ2n) is 7.22. The lowest BCUT2D eigenvalue weighted by molar-refractivity contribution is -0.148. The topological polar surface area (TPSA) is 86.1 Å². The molecule has 0 aliphatic heterocycles. The van der Waals surface area contributed by atoms with E-state index >= 15 is 0 Å². The SMILES string of the molecule is Cc1ccc(C(=O)N[C@H](C(=O)OCc2csc(-c3cnn(C)c3)n2)C(C)C)cc1. The highest BCUT2D eigenvalue weighted by molar-refractivity contribution is 7.13. The van der Waals surface area contributed by atoms with Gasteiger partial charge in [0.2, 0.25) is 0 Å². The van der Waals surface area contributed by atoms with Crippen molar-refractivity contribution < 1.29 is 14.3 Å². The van der Waals surface area contributed by atoms with E-state index in [9.17, 15) is 9.59 Å². The molecule has 1 N–H and O–H groups in total. The number of hydrogen-bond acceptors (Lipinski definition) is 6. The van der Waals surface area contributed by atoms with E-state index in [4.69, 9.17) is 4.74 Å². The molecule has 1 amide bonds. The minimum absolute atomic E-state index is 0.0548. The normalized spacial score (nSPS) is 12.0. The number of carbonyl (C=O) groups excluding carboxylic acids is 2. The molecular weight excluding hydrogens is 388 g/mol. The van der Waals surface area contributed by atoms with E-state index in [0.29, 0.717) is 11.3 Å². The summed E-state index contributed by atoms with van der Waals surface area (Å²) >= 11 is 1.47. The fourth-order valence-electron chi connectivity index (χ4n) is 2.70. The Balaban J connectivity index is 1.60. The molecule has 0 fully saturated rings. The van der Waals surface area contributed by atoms with Gasteiger partial charge in [0, 0.05) is 29.8 Å². The summed E-state index contributed by atoms with van der Waals surface area (Å²) in [6.07, 6.45) is 3.62. The molecule has 1 aromatic carbocycles. The maximum Gasteiger partial charge on any atom is 0.329 e. The van der Waals surface area contributed by atoms with Crippen LogP contribution in [0.4, 0.5) is 0 Å². The number of hydrogen-bond donors (Lipinski definition) is 1. The molecule has 2 heterocycles. The molecule has 7 nitrogen and oxygen atoms in total. The average Bonchev–Trinajstić information content (AvgIpc) is 3.33. The van der Waals surface area contributed by atoms with Gasteiger partial charge in [0.15, 0.2) is 0 Å². The fraction of sp³-hybridized carbons (Fsp3) is 0.333. The fourth-order valence-corrected chi connectivity index (χ4v) is 3.48. The molecule has 1 atom stereocenters. The van der Waals surface area contributed by atoms with Crippen molar-refractivity contribution in [2.24, 2.45) is 13.0 Å². The number of esters is 1. The van der Waals surface area contributed by atoms with Crippen molar-refractivity contribution in [1.82, 2.24) is 20.1 Å². The number of amides is 1. The van der Waals surface area contributed by atoms with Crippen LogP contribution in [0.2, 0.25) is 0 Å². The Hall–Kier alpha value is -3.00. The number of benzene rings is 1. The third kappa shape index (κ3) is 5.29. The standard InChI is InChI=1S/C21H24N4O3S/c1-13(2)18(24-19(26)15-7-5-14(3)6-8-15)21(27)28-11-17-12-29-20(23-17)16-9-22-25(4)10-16/h5-10,12-13,18H,11H2,1-4H3,(H,24,26)/t18-/m0/s1. The zero-order valence-electron chi connectivity index (χ0n) is 16.9. The number of aromatic nitrogens is 3. The van der Waals surface area contributed by atoms with Gasteiger partial charge in [-0.2, -0.15) is 5.10 Å². The zero-order valence-corrected chi connectivity index (χ0v) is 17.7. The van der Waals surface area contributed by atoms with Crippen LogP contribution in [0, 0.1) is 12.8 Å². The molecule has 29 heavy (non-hydrogen) atoms. The highest BCUT2D eigenvalue weighted by Crippen LogP contribution is 2.23. The summed E-state index contributed by atoms with van der Waals surface area (Å²) in [5, 5.41) is 9.58. The van der Waals surface area contributed by atoms with E-state index in [1.165, 1.54) is 11.3 Å². The molecule has 0 saturated heterocycles. The van der Waals surface area contributed by atoms with Crippen LogP contribution in [0.15, 0.2) is 42.0 Å². The van der Waals surface area contributed by atoms with Crippen molar-refractivity contribution in [2.45, 2.75) is 33.4 Å². The van der Waals surface area contributed by atoms with Crippen LogP contribution >= 0.6 is 11.3 Å². The highest BCUT2D eigenvalue weighted by atomic mass is 32.1. The Morgan fingerprint density at radius 3 is 2.59 bits per heavy atom. The molecule has 0 aliphatic carbocycles. The maximum absolute atomic E-state index is 12.6. The number of ether oxygens (including phenoxy) is 1. The molecule has 2 aromatic heterocycles. The first kappa shape index (κ1) is 20.7. The summed E-state index contributed by atoms with van der Waals surface area (Å²) in [6, 6.07) is 6.46. The quantitative estimate of drug-likeness (QED) is 0.602. The van der Waals surface area contributed by atoms with Crippen LogP contribution in [0.1, 0.15) is 35.5 Å². The Kier molecular flexibility index (Phi) is 6.43. The number of aryl methyl sites for hydroxylation is 2. The number of rotatable bonds is 7. The first-order valence-electron chi connectivity index (χ1n) is 9.31. The molecule has 152 valence electrons. The van der Waals surface area contributed by atoms with Gasteiger partial charge in [0.1, 0.15) is 17.7 Å². The van der Waals surface area contributed by atoms with Gasteiger partial charge in [-0.1, -0.05) is 31.5 Å². The molecule has 3 aromatic rings. The van der Waals surface area contributed by atoms with Crippen LogP contribution in [0.5, 0.6) is 0 Å². The van der Waals surface area contributed by atoms with Gasteiger partial charge in [-0.25, -0.2) is 9.78 Å². The number of thiazole rings is 1. The third-order valence-corrected chi connectivity index (χ3v) is 5.33. The van der Waals surface area contributed by atoms with Crippen molar-refractivity contribution in [1.29, 1.82) is 0 Å².